The van der Waals surface area contributed by atoms with Crippen molar-refractivity contribution < 1.29 is 9.59 Å². The highest BCUT2D eigenvalue weighted by Crippen LogP contribution is 2.19. The third-order valence-corrected chi connectivity index (χ3v) is 6.51. The Hall–Kier alpha value is -3.41. The molecule has 0 aromatic heterocycles. The van der Waals surface area contributed by atoms with Crippen LogP contribution in [0.4, 0.5) is 11.4 Å². The number of hydrogen-bond donors (Lipinski definition) is 0. The third kappa shape index (κ3) is 6.59. The van der Waals surface area contributed by atoms with Crippen LogP contribution in [0.3, 0.4) is 0 Å². The summed E-state index contributed by atoms with van der Waals surface area (Å²) in [6, 6.07) is 22.9. The maximum Gasteiger partial charge on any atom is 0.185 e. The first-order valence-electron chi connectivity index (χ1n) is 11.7. The molecule has 35 heavy (non-hydrogen) atoms. The van der Waals surface area contributed by atoms with Crippen molar-refractivity contribution in [3.05, 3.63) is 101 Å². The highest BCUT2D eigenvalue weighted by atomic mass is 35.5. The maximum absolute atomic E-state index is 12.6. The summed E-state index contributed by atoms with van der Waals surface area (Å²) in [6.45, 7) is 3.71. The van der Waals surface area contributed by atoms with E-state index >= 15 is 0 Å². The van der Waals surface area contributed by atoms with Crippen molar-refractivity contribution >= 4 is 40.6 Å². The second-order valence-corrected chi connectivity index (χ2v) is 9.36. The molecule has 3 aromatic carbocycles. The Labute approximate surface area is 212 Å². The molecule has 5 nitrogen and oxygen atoms in total. The number of piperazine rings is 1. The molecule has 1 heterocycles. The van der Waals surface area contributed by atoms with Crippen molar-refractivity contribution in [2.45, 2.75) is 0 Å². The number of Topliss-reactive ketones (excluding diaryl/α,β-unsaturated/α-hetero) is 1. The van der Waals surface area contributed by atoms with Crippen LogP contribution in [0.2, 0.25) is 5.02 Å². The van der Waals surface area contributed by atoms with Gasteiger partial charge in [0.05, 0.1) is 6.54 Å². The lowest BCUT2D eigenvalue weighted by Gasteiger charge is -2.35. The molecule has 4 rings (SSSR count). The van der Waals surface area contributed by atoms with Gasteiger partial charge >= 0.3 is 0 Å². The van der Waals surface area contributed by atoms with Crippen LogP contribution in [0.1, 0.15) is 26.3 Å². The Bertz CT molecular complexity index is 1180. The zero-order valence-electron chi connectivity index (χ0n) is 20.2. The fourth-order valence-corrected chi connectivity index (χ4v) is 4.21. The molecule has 0 aliphatic carbocycles. The second-order valence-electron chi connectivity index (χ2n) is 8.92. The van der Waals surface area contributed by atoms with Gasteiger partial charge in [-0.25, -0.2) is 0 Å². The Balaban J connectivity index is 1.28. The van der Waals surface area contributed by atoms with Crippen molar-refractivity contribution in [2.75, 3.05) is 56.6 Å². The molecule has 6 heteroatoms. The van der Waals surface area contributed by atoms with E-state index in [9.17, 15) is 9.59 Å². The first-order chi connectivity index (χ1) is 16.9. The number of anilines is 2. The molecular weight excluding hydrogens is 458 g/mol. The van der Waals surface area contributed by atoms with Crippen LogP contribution in [-0.2, 0) is 0 Å². The first kappa shape index (κ1) is 24.7. The highest BCUT2D eigenvalue weighted by molar-refractivity contribution is 6.30. The van der Waals surface area contributed by atoms with Gasteiger partial charge in [0.2, 0.25) is 0 Å². The molecule has 1 fully saturated rings. The minimum Gasteiger partial charge on any atom is -0.378 e. The van der Waals surface area contributed by atoms with Crippen LogP contribution in [0.5, 0.6) is 0 Å². The molecule has 0 spiro atoms. The number of carbonyl (C=O) groups excluding carboxylic acids is 2. The van der Waals surface area contributed by atoms with Crippen molar-refractivity contribution in [3.8, 4) is 0 Å². The topological polar surface area (TPSA) is 43.9 Å². The summed E-state index contributed by atoms with van der Waals surface area (Å²) in [5.74, 6) is 0.0958. The molecule has 3 aromatic rings. The van der Waals surface area contributed by atoms with Gasteiger partial charge in [-0.3, -0.25) is 14.5 Å². The fraction of sp³-hybridized carbons (Fsp3) is 0.241. The molecule has 1 saturated heterocycles. The molecule has 1 aliphatic rings. The third-order valence-electron chi connectivity index (χ3n) is 6.26. The Kier molecular flexibility index (Phi) is 8.01. The van der Waals surface area contributed by atoms with Crippen LogP contribution in [-0.4, -0.2) is 63.3 Å². The number of rotatable bonds is 8. The summed E-state index contributed by atoms with van der Waals surface area (Å²) in [6.07, 6.45) is 3.47. The number of allylic oxidation sites excluding steroid dienone is 1. The quantitative estimate of drug-likeness (QED) is 0.318. The monoisotopic (exact) mass is 487 g/mol. The number of halogens is 1. The van der Waals surface area contributed by atoms with E-state index in [2.05, 4.69) is 9.80 Å². The van der Waals surface area contributed by atoms with E-state index in [0.717, 1.165) is 43.1 Å². The number of hydrogen-bond acceptors (Lipinski definition) is 5. The first-order valence-corrected chi connectivity index (χ1v) is 12.1. The standard InChI is InChI=1S/C29H30ClN3O2/c1-31(2)26-12-3-22(4-13-26)5-16-28(34)23-8-14-27(15-9-23)33-19-17-32(18-20-33)21-29(35)24-6-10-25(30)11-7-24/h3-16H,17-21H2,1-2H3/b16-5+. The van der Waals surface area contributed by atoms with Gasteiger partial charge in [-0.1, -0.05) is 29.8 Å². The number of benzene rings is 3. The van der Waals surface area contributed by atoms with E-state index in [1.165, 1.54) is 0 Å². The molecule has 0 radical (unpaired) electrons. The Morgan fingerprint density at radius 3 is 2.03 bits per heavy atom. The normalized spacial score (nSPS) is 14.3. The van der Waals surface area contributed by atoms with E-state index in [0.29, 0.717) is 22.7 Å². The minimum absolute atomic E-state index is 0.0150. The van der Waals surface area contributed by atoms with Crippen LogP contribution in [0.25, 0.3) is 6.08 Å². The molecule has 1 aliphatic heterocycles. The average Bonchev–Trinajstić information content (AvgIpc) is 2.88. The van der Waals surface area contributed by atoms with Crippen LogP contribution in [0, 0.1) is 0 Å². The van der Waals surface area contributed by atoms with Gasteiger partial charge in [0.15, 0.2) is 11.6 Å². The van der Waals surface area contributed by atoms with Crippen molar-refractivity contribution in [1.29, 1.82) is 0 Å². The highest BCUT2D eigenvalue weighted by Gasteiger charge is 2.20. The predicted octanol–water partition coefficient (Wildman–Crippen LogP) is 5.31. The van der Waals surface area contributed by atoms with Gasteiger partial charge in [-0.2, -0.15) is 0 Å². The summed E-state index contributed by atoms with van der Waals surface area (Å²) in [4.78, 5) is 31.6. The molecule has 0 bridgehead atoms. The average molecular weight is 488 g/mol. The predicted molar refractivity (Wildman–Crippen MR) is 145 cm³/mol. The lowest BCUT2D eigenvalue weighted by Crippen LogP contribution is -2.48. The van der Waals surface area contributed by atoms with Crippen molar-refractivity contribution in [3.63, 3.8) is 0 Å². The summed E-state index contributed by atoms with van der Waals surface area (Å²) < 4.78 is 0. The lowest BCUT2D eigenvalue weighted by atomic mass is 10.1. The number of ketones is 2. The number of nitrogens with zero attached hydrogens (tertiary/aromatic N) is 3. The van der Waals surface area contributed by atoms with Gasteiger partial charge in [-0.15, -0.1) is 0 Å². The zero-order valence-corrected chi connectivity index (χ0v) is 20.9. The molecular formula is C29H30ClN3O2. The SMILES string of the molecule is CN(C)c1ccc(/C=C/C(=O)c2ccc(N3CCN(CC(=O)c4ccc(Cl)cc4)CC3)cc2)cc1. The van der Waals surface area contributed by atoms with Crippen LogP contribution >= 0.6 is 11.6 Å². The van der Waals surface area contributed by atoms with Crippen LogP contribution in [0.15, 0.2) is 78.9 Å². The van der Waals surface area contributed by atoms with Gasteiger partial charge in [0.1, 0.15) is 0 Å². The zero-order chi connectivity index (χ0) is 24.8. The smallest absolute Gasteiger partial charge is 0.185 e. The van der Waals surface area contributed by atoms with Crippen molar-refractivity contribution in [2.24, 2.45) is 0 Å². The maximum atomic E-state index is 12.6. The molecule has 0 amide bonds. The molecule has 0 saturated carbocycles. The molecule has 0 atom stereocenters. The van der Waals surface area contributed by atoms with Gasteiger partial charge in [-0.05, 0) is 72.3 Å². The van der Waals surface area contributed by atoms with E-state index in [-0.39, 0.29) is 11.6 Å². The fourth-order valence-electron chi connectivity index (χ4n) is 4.08. The molecule has 0 unspecified atom stereocenters. The summed E-state index contributed by atoms with van der Waals surface area (Å²) in [7, 11) is 4.00. The van der Waals surface area contributed by atoms with Crippen molar-refractivity contribution in [1.82, 2.24) is 4.90 Å². The summed E-state index contributed by atoms with van der Waals surface area (Å²) in [5, 5.41) is 0.633. The van der Waals surface area contributed by atoms with Crippen LogP contribution < -0.4 is 9.80 Å². The lowest BCUT2D eigenvalue weighted by molar-refractivity contribution is 0.0926. The Morgan fingerprint density at radius 2 is 1.43 bits per heavy atom. The van der Waals surface area contributed by atoms with E-state index in [4.69, 9.17) is 11.6 Å². The Morgan fingerprint density at radius 1 is 0.829 bits per heavy atom. The van der Waals surface area contributed by atoms with Gasteiger partial charge in [0.25, 0.3) is 0 Å². The van der Waals surface area contributed by atoms with E-state index in [1.807, 2.05) is 73.6 Å². The summed E-state index contributed by atoms with van der Waals surface area (Å²) >= 11 is 5.91. The van der Waals surface area contributed by atoms with Gasteiger partial charge < -0.3 is 9.80 Å². The largest absolute Gasteiger partial charge is 0.378 e. The summed E-state index contributed by atoms with van der Waals surface area (Å²) in [5.41, 5.74) is 4.57. The number of carbonyl (C=O) groups is 2. The molecule has 0 N–H and O–H groups in total. The van der Waals surface area contributed by atoms with E-state index in [1.54, 1.807) is 30.3 Å². The minimum atomic E-state index is -0.0150. The van der Waals surface area contributed by atoms with E-state index < -0.39 is 0 Å². The van der Waals surface area contributed by atoms with Gasteiger partial charge in [0, 0.05) is 67.8 Å². The molecule has 180 valence electrons. The second kappa shape index (κ2) is 11.3.